The van der Waals surface area contributed by atoms with Gasteiger partial charge in [-0.25, -0.2) is 4.98 Å². The molecule has 0 radical (unpaired) electrons. The Hall–Kier alpha value is -7.04. The maximum Gasteiger partial charge on any atom is 0.149 e. The predicted molar refractivity (Wildman–Crippen MR) is 260 cm³/mol. The van der Waals surface area contributed by atoms with Gasteiger partial charge in [0.15, 0.2) is 0 Å². The average Bonchev–Trinajstić information content (AvgIpc) is 3.69. The molecule has 2 aromatic heterocycles. The molecule has 0 bridgehead atoms. The van der Waals surface area contributed by atoms with Crippen molar-refractivity contribution in [2.75, 3.05) is 0 Å². The molecule has 306 valence electrons. The molecule has 9 rings (SSSR count). The number of aryl methyl sites for hydroxylation is 3. The second-order valence-corrected chi connectivity index (χ2v) is 17.6. The lowest BCUT2D eigenvalue weighted by Crippen LogP contribution is -2.13. The summed E-state index contributed by atoms with van der Waals surface area (Å²) in [5.41, 5.74) is 16.6. The van der Waals surface area contributed by atoms with E-state index in [4.69, 9.17) is 14.1 Å². The number of benzene rings is 7. The summed E-state index contributed by atoms with van der Waals surface area (Å²) in [6, 6.07) is 52.9. The number of nitrogens with zero attached hydrogens (tertiary/aromatic N) is 3. The predicted octanol–water partition coefficient (Wildman–Crippen LogP) is 15.5. The quantitative estimate of drug-likeness (QED) is 0.166. The molecule has 0 spiro atoms. The summed E-state index contributed by atoms with van der Waals surface area (Å²) in [7, 11) is 0. The van der Waals surface area contributed by atoms with Crippen LogP contribution in [-0.4, -0.2) is 19.6 Å². The van der Waals surface area contributed by atoms with Crippen LogP contribution in [-0.2, 0) is 5.41 Å². The topological polar surface area (TPSA) is 50.9 Å². The van der Waals surface area contributed by atoms with Crippen molar-refractivity contribution in [3.63, 3.8) is 0 Å². The van der Waals surface area contributed by atoms with Crippen molar-refractivity contribution in [2.24, 2.45) is 0 Å². The van der Waals surface area contributed by atoms with Gasteiger partial charge < -0.3 is 5.11 Å². The highest BCUT2D eigenvalue weighted by molar-refractivity contribution is 5.98. The van der Waals surface area contributed by atoms with Crippen LogP contribution in [0.3, 0.4) is 0 Å². The minimum atomic E-state index is -2.18. The Balaban J connectivity index is 1.28. The lowest BCUT2D eigenvalue weighted by atomic mass is 9.80. The molecule has 0 unspecified atom stereocenters. The Morgan fingerprint density at radius 3 is 2.06 bits per heavy atom. The van der Waals surface area contributed by atoms with Crippen molar-refractivity contribution in [3.8, 4) is 78.6 Å². The van der Waals surface area contributed by atoms with Crippen LogP contribution in [0.15, 0.2) is 164 Å². The molecule has 0 aliphatic carbocycles. The maximum absolute atomic E-state index is 11.8. The van der Waals surface area contributed by atoms with Crippen molar-refractivity contribution in [2.45, 2.75) is 66.6 Å². The average molecular weight is 812 g/mol. The minimum absolute atomic E-state index is 0.116. The van der Waals surface area contributed by atoms with Gasteiger partial charge in [-0.3, -0.25) is 9.55 Å². The molecule has 0 aliphatic heterocycles. The van der Waals surface area contributed by atoms with E-state index in [1.807, 2.05) is 82.3 Å². The fourth-order valence-corrected chi connectivity index (χ4v) is 8.76. The van der Waals surface area contributed by atoms with Gasteiger partial charge in [-0.1, -0.05) is 143 Å². The minimum Gasteiger partial charge on any atom is -0.507 e. The van der Waals surface area contributed by atoms with E-state index in [1.54, 1.807) is 18.3 Å². The molecule has 4 heteroatoms. The first-order valence-corrected chi connectivity index (χ1v) is 21.2. The molecule has 7 aromatic carbocycles. The molecule has 1 N–H and O–H groups in total. The first kappa shape index (κ1) is 35.7. The Morgan fingerprint density at radius 1 is 0.597 bits per heavy atom. The van der Waals surface area contributed by atoms with Crippen LogP contribution in [0, 0.1) is 20.7 Å². The SMILES string of the molecule is [2H]C([2H])([2H])c1ccc(-c2ccnc(-c3cc(-c4ccccc4)cc(-c4cccc5c4nc(-c4cc(C)cc(C)c4O)n5-c4ccc(-c5ccccc5C(C)(C)C)c(C([2H])(C)C)c4)c3)c2)cc1. The van der Waals surface area contributed by atoms with Gasteiger partial charge in [0.05, 0.1) is 22.3 Å². The molecule has 9 aromatic rings. The smallest absolute Gasteiger partial charge is 0.149 e. The number of imidazole rings is 1. The zero-order valence-electron chi connectivity index (χ0n) is 40.4. The van der Waals surface area contributed by atoms with Crippen LogP contribution in [0.5, 0.6) is 5.75 Å². The summed E-state index contributed by atoms with van der Waals surface area (Å²) >= 11 is 0. The van der Waals surface area contributed by atoms with Gasteiger partial charge in [0.1, 0.15) is 11.6 Å². The lowest BCUT2D eigenvalue weighted by Gasteiger charge is -2.25. The summed E-state index contributed by atoms with van der Waals surface area (Å²) < 4.78 is 35.2. The van der Waals surface area contributed by atoms with Gasteiger partial charge >= 0.3 is 0 Å². The van der Waals surface area contributed by atoms with E-state index in [2.05, 4.69) is 116 Å². The van der Waals surface area contributed by atoms with Crippen molar-refractivity contribution in [3.05, 3.63) is 192 Å². The number of aromatic hydroxyl groups is 1. The van der Waals surface area contributed by atoms with E-state index in [1.165, 1.54) is 5.56 Å². The number of para-hydroxylation sites is 1. The normalized spacial score (nSPS) is 13.1. The molecule has 62 heavy (non-hydrogen) atoms. The summed E-state index contributed by atoms with van der Waals surface area (Å²) in [5.74, 6) is -0.194. The van der Waals surface area contributed by atoms with Crippen LogP contribution in [0.4, 0.5) is 0 Å². The number of pyridine rings is 1. The first-order valence-electron chi connectivity index (χ1n) is 23.2. The van der Waals surface area contributed by atoms with Crippen molar-refractivity contribution >= 4 is 11.0 Å². The highest BCUT2D eigenvalue weighted by Gasteiger charge is 2.25. The van der Waals surface area contributed by atoms with Gasteiger partial charge in [0, 0.05) is 28.5 Å². The lowest BCUT2D eigenvalue weighted by molar-refractivity contribution is 0.472. The molecular formula is C58H53N3O. The van der Waals surface area contributed by atoms with Gasteiger partial charge in [0.2, 0.25) is 0 Å². The number of phenolic OH excluding ortho intramolecular Hbond substituents is 1. The second-order valence-electron chi connectivity index (χ2n) is 17.6. The van der Waals surface area contributed by atoms with Gasteiger partial charge in [-0.2, -0.15) is 0 Å². The summed E-state index contributed by atoms with van der Waals surface area (Å²) in [5, 5.41) is 11.8. The standard InChI is InChI=1S/C58H53N3O/c1-36(2)50-35-46(25-26-48(50)49-17-12-13-19-52(49)58(6,7)8)61-54-20-14-18-47(55(54)60-57(61)51-30-38(4)29-39(5)56(51)62)44-31-43(40-15-10-9-11-16-40)32-45(33-44)53-34-42(27-28-59-53)41-23-21-37(3)22-24-41/h9-36,62H,1-8H3/i3D3,36D. The van der Waals surface area contributed by atoms with Crippen LogP contribution < -0.4 is 0 Å². The Kier molecular flexibility index (Phi) is 9.27. The third-order valence-electron chi connectivity index (χ3n) is 11.8. The largest absolute Gasteiger partial charge is 0.507 e. The fourth-order valence-electron chi connectivity index (χ4n) is 8.76. The van der Waals surface area contributed by atoms with E-state index in [0.29, 0.717) is 17.0 Å². The maximum atomic E-state index is 11.8. The number of hydrogen-bond acceptors (Lipinski definition) is 3. The number of rotatable bonds is 8. The van der Waals surface area contributed by atoms with Crippen LogP contribution in [0.2, 0.25) is 0 Å². The van der Waals surface area contributed by atoms with E-state index < -0.39 is 12.7 Å². The number of phenols is 1. The first-order chi connectivity index (χ1) is 31.3. The zero-order valence-corrected chi connectivity index (χ0v) is 36.4. The van der Waals surface area contributed by atoms with Crippen molar-refractivity contribution < 1.29 is 10.6 Å². The highest BCUT2D eigenvalue weighted by Crippen LogP contribution is 2.43. The van der Waals surface area contributed by atoms with Gasteiger partial charge in [-0.05, 0) is 148 Å². The van der Waals surface area contributed by atoms with E-state index >= 15 is 0 Å². The van der Waals surface area contributed by atoms with Crippen LogP contribution in [0.25, 0.3) is 83.9 Å². The number of fused-ring (bicyclic) bond motifs is 1. The highest BCUT2D eigenvalue weighted by atomic mass is 16.3. The van der Waals surface area contributed by atoms with Crippen molar-refractivity contribution in [1.82, 2.24) is 14.5 Å². The summed E-state index contributed by atoms with van der Waals surface area (Å²) in [4.78, 5) is 10.4. The molecule has 0 aliphatic rings. The van der Waals surface area contributed by atoms with Gasteiger partial charge in [-0.15, -0.1) is 0 Å². The summed E-state index contributed by atoms with van der Waals surface area (Å²) in [6.45, 7) is 12.3. The molecular weight excluding hydrogens is 755 g/mol. The van der Waals surface area contributed by atoms with Crippen LogP contribution in [0.1, 0.15) is 73.8 Å². The Morgan fingerprint density at radius 2 is 1.31 bits per heavy atom. The molecule has 2 heterocycles. The molecule has 0 saturated heterocycles. The van der Waals surface area contributed by atoms with Crippen molar-refractivity contribution in [1.29, 1.82) is 0 Å². The third kappa shape index (κ3) is 7.62. The zero-order chi connectivity index (χ0) is 46.7. The molecule has 0 amide bonds. The summed E-state index contributed by atoms with van der Waals surface area (Å²) in [6.07, 6.45) is 1.79. The fraction of sp³-hybridized carbons (Fsp3) is 0.172. The van der Waals surface area contributed by atoms with E-state index in [9.17, 15) is 6.48 Å². The third-order valence-corrected chi connectivity index (χ3v) is 11.8. The number of aromatic nitrogens is 3. The Bertz CT molecular complexity index is 3280. The second kappa shape index (κ2) is 16.1. The van der Waals surface area contributed by atoms with Gasteiger partial charge in [0.25, 0.3) is 0 Å². The molecule has 4 nitrogen and oxygen atoms in total. The number of hydrogen-bond donors (Lipinski definition) is 1. The monoisotopic (exact) mass is 811 g/mol. The van der Waals surface area contributed by atoms with Crippen LogP contribution >= 0.6 is 0 Å². The van der Waals surface area contributed by atoms with E-state index in [-0.39, 0.29) is 11.2 Å². The molecule has 0 fully saturated rings. The Labute approximate surface area is 371 Å². The molecule has 0 atom stereocenters. The molecule has 0 saturated carbocycles. The van der Waals surface area contributed by atoms with E-state index in [0.717, 1.165) is 89.2 Å².